The maximum atomic E-state index is 12.8. The Kier molecular flexibility index (Phi) is 3.47. The summed E-state index contributed by atoms with van der Waals surface area (Å²) in [6.07, 6.45) is 0. The van der Waals surface area contributed by atoms with E-state index in [-0.39, 0.29) is 5.82 Å². The van der Waals surface area contributed by atoms with Crippen molar-refractivity contribution in [3.8, 4) is 11.4 Å². The minimum absolute atomic E-state index is 0.243. The van der Waals surface area contributed by atoms with E-state index in [4.69, 9.17) is 0 Å². The second-order valence-electron chi connectivity index (χ2n) is 4.04. The summed E-state index contributed by atoms with van der Waals surface area (Å²) in [5.74, 6) is 0.515. The third-order valence-corrected chi connectivity index (χ3v) is 3.32. The minimum Gasteiger partial charge on any atom is -0.305 e. The summed E-state index contributed by atoms with van der Waals surface area (Å²) in [5, 5.41) is 9.61. The van der Waals surface area contributed by atoms with Crippen LogP contribution in [0.1, 0.15) is 13.8 Å². The summed E-state index contributed by atoms with van der Waals surface area (Å²) < 4.78 is 14.8. The Balaban J connectivity index is 2.33. The lowest BCUT2D eigenvalue weighted by molar-refractivity contribution is 0.628. The van der Waals surface area contributed by atoms with Gasteiger partial charge in [0, 0.05) is 17.9 Å². The van der Waals surface area contributed by atoms with E-state index in [1.807, 2.05) is 11.6 Å². The van der Waals surface area contributed by atoms with Crippen LogP contribution in [0.3, 0.4) is 0 Å². The van der Waals surface area contributed by atoms with Crippen LogP contribution in [-0.2, 0) is 7.05 Å². The Labute approximate surface area is 104 Å². The summed E-state index contributed by atoms with van der Waals surface area (Å²) in [6, 6.07) is 6.28. The molecule has 0 N–H and O–H groups in total. The second-order valence-corrected chi connectivity index (χ2v) is 5.58. The van der Waals surface area contributed by atoms with Gasteiger partial charge in [0.1, 0.15) is 5.82 Å². The molecule has 0 aliphatic carbocycles. The van der Waals surface area contributed by atoms with E-state index in [0.717, 1.165) is 16.5 Å². The first kappa shape index (κ1) is 12.1. The number of hydrogen-bond donors (Lipinski definition) is 0. The van der Waals surface area contributed by atoms with Crippen molar-refractivity contribution >= 4 is 11.8 Å². The smallest absolute Gasteiger partial charge is 0.191 e. The zero-order valence-corrected chi connectivity index (χ0v) is 10.8. The molecule has 0 bridgehead atoms. The third-order valence-electron chi connectivity index (χ3n) is 2.28. The molecule has 2 aromatic rings. The average Bonchev–Trinajstić information content (AvgIpc) is 2.61. The van der Waals surface area contributed by atoms with E-state index in [9.17, 15) is 4.39 Å². The second kappa shape index (κ2) is 4.87. The van der Waals surface area contributed by atoms with Gasteiger partial charge in [0.05, 0.1) is 0 Å². The highest BCUT2D eigenvalue weighted by Gasteiger charge is 2.12. The van der Waals surface area contributed by atoms with Crippen LogP contribution in [0.4, 0.5) is 4.39 Å². The number of halogens is 1. The maximum absolute atomic E-state index is 12.8. The molecule has 1 heterocycles. The SMILES string of the molecule is CC(C)Sc1nnc(-c2ccc(F)cc2)n1C. The number of benzene rings is 1. The van der Waals surface area contributed by atoms with E-state index >= 15 is 0 Å². The van der Waals surface area contributed by atoms with Gasteiger partial charge in [-0.05, 0) is 24.3 Å². The normalized spacial score (nSPS) is 11.1. The van der Waals surface area contributed by atoms with Gasteiger partial charge in [-0.15, -0.1) is 10.2 Å². The van der Waals surface area contributed by atoms with Crippen LogP contribution >= 0.6 is 11.8 Å². The van der Waals surface area contributed by atoms with Crippen LogP contribution in [0.5, 0.6) is 0 Å². The monoisotopic (exact) mass is 251 g/mol. The Morgan fingerprint density at radius 2 is 1.82 bits per heavy atom. The molecule has 0 atom stereocenters. The first-order valence-electron chi connectivity index (χ1n) is 5.40. The van der Waals surface area contributed by atoms with E-state index in [1.54, 1.807) is 23.9 Å². The summed E-state index contributed by atoms with van der Waals surface area (Å²) in [7, 11) is 1.92. The Hall–Kier alpha value is -1.36. The van der Waals surface area contributed by atoms with Crippen molar-refractivity contribution in [2.75, 3.05) is 0 Å². The van der Waals surface area contributed by atoms with Crippen molar-refractivity contribution in [3.05, 3.63) is 30.1 Å². The molecule has 0 aliphatic heterocycles. The van der Waals surface area contributed by atoms with Crippen molar-refractivity contribution in [3.63, 3.8) is 0 Å². The van der Waals surface area contributed by atoms with Crippen LogP contribution < -0.4 is 0 Å². The van der Waals surface area contributed by atoms with Crippen LogP contribution in [0.15, 0.2) is 29.4 Å². The molecule has 1 aromatic heterocycles. The molecule has 0 saturated heterocycles. The Morgan fingerprint density at radius 3 is 2.41 bits per heavy atom. The lowest BCUT2D eigenvalue weighted by atomic mass is 10.2. The van der Waals surface area contributed by atoms with Gasteiger partial charge >= 0.3 is 0 Å². The molecule has 1 aromatic carbocycles. The summed E-state index contributed by atoms with van der Waals surface area (Å²) in [6.45, 7) is 4.22. The Bertz CT molecular complexity index is 505. The first-order valence-corrected chi connectivity index (χ1v) is 6.28. The van der Waals surface area contributed by atoms with Crippen molar-refractivity contribution in [2.24, 2.45) is 7.05 Å². The fraction of sp³-hybridized carbons (Fsp3) is 0.333. The number of nitrogens with zero attached hydrogens (tertiary/aromatic N) is 3. The molecule has 5 heteroatoms. The summed E-state index contributed by atoms with van der Waals surface area (Å²) >= 11 is 1.66. The molecule has 0 fully saturated rings. The standard InChI is InChI=1S/C12H14FN3S/c1-8(2)17-12-15-14-11(16(12)3)9-4-6-10(13)7-5-9/h4-8H,1-3H3. The molecule has 0 radical (unpaired) electrons. The zero-order chi connectivity index (χ0) is 12.4. The average molecular weight is 251 g/mol. The molecule has 17 heavy (non-hydrogen) atoms. The highest BCUT2D eigenvalue weighted by molar-refractivity contribution is 7.99. The van der Waals surface area contributed by atoms with Gasteiger partial charge in [-0.1, -0.05) is 25.6 Å². The quantitative estimate of drug-likeness (QED) is 0.785. The van der Waals surface area contributed by atoms with Crippen LogP contribution in [-0.4, -0.2) is 20.0 Å². The maximum Gasteiger partial charge on any atom is 0.191 e. The van der Waals surface area contributed by atoms with Crippen LogP contribution in [0.2, 0.25) is 0 Å². The fourth-order valence-corrected chi connectivity index (χ4v) is 2.23. The van der Waals surface area contributed by atoms with Gasteiger partial charge in [0.15, 0.2) is 11.0 Å². The lowest BCUT2D eigenvalue weighted by Crippen LogP contribution is -1.97. The molecule has 0 aliphatic rings. The van der Waals surface area contributed by atoms with Crippen molar-refractivity contribution in [1.82, 2.24) is 14.8 Å². The Morgan fingerprint density at radius 1 is 1.18 bits per heavy atom. The van der Waals surface area contributed by atoms with Gasteiger partial charge in [-0.3, -0.25) is 0 Å². The highest BCUT2D eigenvalue weighted by atomic mass is 32.2. The van der Waals surface area contributed by atoms with Gasteiger partial charge in [-0.25, -0.2) is 4.39 Å². The van der Waals surface area contributed by atoms with Crippen LogP contribution in [0, 0.1) is 5.82 Å². The molecule has 3 nitrogen and oxygen atoms in total. The number of thioether (sulfide) groups is 1. The molecule has 0 saturated carbocycles. The molecular formula is C12H14FN3S. The predicted octanol–water partition coefficient (Wildman–Crippen LogP) is 3.12. The molecule has 90 valence electrons. The van der Waals surface area contributed by atoms with Gasteiger partial charge in [-0.2, -0.15) is 0 Å². The van der Waals surface area contributed by atoms with E-state index in [1.165, 1.54) is 12.1 Å². The largest absolute Gasteiger partial charge is 0.305 e. The van der Waals surface area contributed by atoms with Crippen molar-refractivity contribution < 1.29 is 4.39 Å². The summed E-state index contributed by atoms with van der Waals surface area (Å²) in [5.41, 5.74) is 0.872. The molecule has 0 spiro atoms. The molecular weight excluding hydrogens is 237 g/mol. The molecule has 2 rings (SSSR count). The molecule has 0 amide bonds. The number of rotatable bonds is 3. The first-order chi connectivity index (χ1) is 8.08. The van der Waals surface area contributed by atoms with Crippen LogP contribution in [0.25, 0.3) is 11.4 Å². The molecule has 0 unspecified atom stereocenters. The van der Waals surface area contributed by atoms with Crippen molar-refractivity contribution in [2.45, 2.75) is 24.3 Å². The topological polar surface area (TPSA) is 30.7 Å². The fourth-order valence-electron chi connectivity index (χ4n) is 1.48. The third kappa shape index (κ3) is 2.66. The van der Waals surface area contributed by atoms with E-state index in [2.05, 4.69) is 24.0 Å². The van der Waals surface area contributed by atoms with Crippen molar-refractivity contribution in [1.29, 1.82) is 0 Å². The number of aromatic nitrogens is 3. The summed E-state index contributed by atoms with van der Waals surface area (Å²) in [4.78, 5) is 0. The minimum atomic E-state index is -0.243. The van der Waals surface area contributed by atoms with Gasteiger partial charge in [0.2, 0.25) is 0 Å². The van der Waals surface area contributed by atoms with E-state index in [0.29, 0.717) is 5.25 Å². The number of hydrogen-bond acceptors (Lipinski definition) is 3. The van der Waals surface area contributed by atoms with Gasteiger partial charge in [0.25, 0.3) is 0 Å². The predicted molar refractivity (Wildman–Crippen MR) is 67.4 cm³/mol. The van der Waals surface area contributed by atoms with Gasteiger partial charge < -0.3 is 4.57 Å². The zero-order valence-electron chi connectivity index (χ0n) is 10.0. The van der Waals surface area contributed by atoms with E-state index < -0.39 is 0 Å². The highest BCUT2D eigenvalue weighted by Crippen LogP contribution is 2.25. The lowest BCUT2D eigenvalue weighted by Gasteiger charge is -2.05.